The normalized spacial score (nSPS) is 25.4. The summed E-state index contributed by atoms with van der Waals surface area (Å²) < 4.78 is 5.36. The second-order valence-electron chi connectivity index (χ2n) is 7.34. The largest absolute Gasteiger partial charge is 0.465 e. The van der Waals surface area contributed by atoms with Crippen LogP contribution >= 0.6 is 11.6 Å². The van der Waals surface area contributed by atoms with Gasteiger partial charge in [-0.05, 0) is 54.5 Å². The molecule has 2 saturated heterocycles. The van der Waals surface area contributed by atoms with E-state index in [1.165, 1.54) is 4.90 Å². The first-order valence-electron chi connectivity index (χ1n) is 9.22. The van der Waals surface area contributed by atoms with Gasteiger partial charge in [0.25, 0.3) is 0 Å². The second-order valence-corrected chi connectivity index (χ2v) is 7.77. The molecule has 1 N–H and O–H groups in total. The van der Waals surface area contributed by atoms with Crippen LogP contribution in [-0.2, 0) is 22.5 Å². The third kappa shape index (κ3) is 3.16. The third-order valence-corrected chi connectivity index (χ3v) is 6.01. The van der Waals surface area contributed by atoms with Gasteiger partial charge in [0.2, 0.25) is 5.91 Å². The van der Waals surface area contributed by atoms with Gasteiger partial charge in [-0.2, -0.15) is 0 Å². The zero-order chi connectivity index (χ0) is 18.3. The van der Waals surface area contributed by atoms with Crippen molar-refractivity contribution in [2.24, 2.45) is 5.92 Å². The first-order chi connectivity index (χ1) is 12.5. The molecule has 140 valence electrons. The number of amides is 2. The Balaban J connectivity index is 1.64. The molecular formula is C19H23ClN2O4. The van der Waals surface area contributed by atoms with E-state index in [1.54, 1.807) is 0 Å². The number of nitrogens with zero attached hydrogens (tertiary/aromatic N) is 2. The van der Waals surface area contributed by atoms with Crippen molar-refractivity contribution in [2.45, 2.75) is 38.3 Å². The lowest BCUT2D eigenvalue weighted by Crippen LogP contribution is -2.41. The summed E-state index contributed by atoms with van der Waals surface area (Å²) >= 11 is 6.33. The van der Waals surface area contributed by atoms with Crippen LogP contribution in [0.1, 0.15) is 42.0 Å². The van der Waals surface area contributed by atoms with Gasteiger partial charge in [-0.25, -0.2) is 4.79 Å². The first-order valence-corrected chi connectivity index (χ1v) is 9.59. The Labute approximate surface area is 157 Å². The summed E-state index contributed by atoms with van der Waals surface area (Å²) in [6, 6.07) is 3.67. The molecule has 4 rings (SSSR count). The number of carbonyl (C=O) groups excluding carboxylic acids is 1. The lowest BCUT2D eigenvalue weighted by Gasteiger charge is -2.34. The summed E-state index contributed by atoms with van der Waals surface area (Å²) in [6.45, 7) is 2.91. The van der Waals surface area contributed by atoms with Crippen LogP contribution in [0.2, 0.25) is 5.02 Å². The molecule has 3 aliphatic heterocycles. The molecule has 0 saturated carbocycles. The number of likely N-dealkylation sites (tertiary alicyclic amines) is 1. The molecule has 2 fully saturated rings. The van der Waals surface area contributed by atoms with Gasteiger partial charge in [0.15, 0.2) is 0 Å². The quantitative estimate of drug-likeness (QED) is 0.858. The molecule has 26 heavy (non-hydrogen) atoms. The Hall–Kier alpha value is -1.79. The fourth-order valence-corrected chi connectivity index (χ4v) is 4.70. The van der Waals surface area contributed by atoms with Gasteiger partial charge in [0, 0.05) is 31.3 Å². The number of benzene rings is 1. The fourth-order valence-electron chi connectivity index (χ4n) is 4.45. The topological polar surface area (TPSA) is 70.1 Å². The molecule has 2 amide bonds. The van der Waals surface area contributed by atoms with Crippen LogP contribution in [0.15, 0.2) is 12.1 Å². The van der Waals surface area contributed by atoms with E-state index in [-0.39, 0.29) is 17.9 Å². The summed E-state index contributed by atoms with van der Waals surface area (Å²) in [5, 5.41) is 10.2. The average molecular weight is 379 g/mol. The highest BCUT2D eigenvalue weighted by Gasteiger charge is 2.35. The summed E-state index contributed by atoms with van der Waals surface area (Å²) in [6.07, 6.45) is 2.28. The molecule has 3 aliphatic rings. The molecule has 2 atom stereocenters. The molecule has 0 spiro atoms. The van der Waals surface area contributed by atoms with E-state index in [0.29, 0.717) is 37.9 Å². The molecule has 0 bridgehead atoms. The van der Waals surface area contributed by atoms with Crippen LogP contribution in [0.3, 0.4) is 0 Å². The number of ether oxygens (including phenoxy) is 1. The predicted octanol–water partition coefficient (Wildman–Crippen LogP) is 3.08. The predicted molar refractivity (Wildman–Crippen MR) is 96.2 cm³/mol. The molecule has 0 aromatic heterocycles. The van der Waals surface area contributed by atoms with Crippen molar-refractivity contribution in [1.29, 1.82) is 0 Å². The van der Waals surface area contributed by atoms with E-state index in [4.69, 9.17) is 16.3 Å². The monoisotopic (exact) mass is 378 g/mol. The zero-order valence-corrected chi connectivity index (χ0v) is 15.4. The van der Waals surface area contributed by atoms with Crippen LogP contribution in [0.5, 0.6) is 0 Å². The van der Waals surface area contributed by atoms with Crippen molar-refractivity contribution in [3.8, 4) is 0 Å². The van der Waals surface area contributed by atoms with Crippen LogP contribution in [0, 0.1) is 5.92 Å². The summed E-state index contributed by atoms with van der Waals surface area (Å²) in [5.74, 6) is 0.102. The minimum atomic E-state index is -0.895. The molecule has 0 aliphatic carbocycles. The number of fused-ring (bicyclic) bond motifs is 1. The van der Waals surface area contributed by atoms with Gasteiger partial charge in [0.05, 0.1) is 18.6 Å². The third-order valence-electron chi connectivity index (χ3n) is 5.79. The Morgan fingerprint density at radius 1 is 1.23 bits per heavy atom. The van der Waals surface area contributed by atoms with Gasteiger partial charge < -0.3 is 19.6 Å². The van der Waals surface area contributed by atoms with E-state index >= 15 is 0 Å². The number of hydrogen-bond acceptors (Lipinski definition) is 3. The Kier molecular flexibility index (Phi) is 4.80. The lowest BCUT2D eigenvalue weighted by atomic mass is 9.89. The minimum absolute atomic E-state index is 0.0469. The first kappa shape index (κ1) is 17.6. The number of halogens is 1. The van der Waals surface area contributed by atoms with E-state index in [9.17, 15) is 14.7 Å². The van der Waals surface area contributed by atoms with Crippen LogP contribution in [0.25, 0.3) is 0 Å². The number of rotatable bonds is 2. The van der Waals surface area contributed by atoms with Gasteiger partial charge in [-0.3, -0.25) is 4.79 Å². The van der Waals surface area contributed by atoms with E-state index in [2.05, 4.69) is 0 Å². The van der Waals surface area contributed by atoms with E-state index in [0.717, 1.165) is 42.4 Å². The van der Waals surface area contributed by atoms with Gasteiger partial charge in [-0.15, -0.1) is 0 Å². The Morgan fingerprint density at radius 3 is 2.81 bits per heavy atom. The van der Waals surface area contributed by atoms with E-state index in [1.807, 2.05) is 17.0 Å². The summed E-state index contributed by atoms with van der Waals surface area (Å²) in [4.78, 5) is 27.8. The summed E-state index contributed by atoms with van der Waals surface area (Å²) in [5.41, 5.74) is 3.18. The number of carboxylic acid groups (broad SMARTS) is 1. The molecule has 0 radical (unpaired) electrons. The Bertz CT molecular complexity index is 732. The van der Waals surface area contributed by atoms with Crippen LogP contribution < -0.4 is 0 Å². The van der Waals surface area contributed by atoms with Gasteiger partial charge in [0.1, 0.15) is 0 Å². The van der Waals surface area contributed by atoms with Crippen molar-refractivity contribution in [1.82, 2.24) is 9.80 Å². The van der Waals surface area contributed by atoms with Crippen molar-refractivity contribution in [3.63, 3.8) is 0 Å². The van der Waals surface area contributed by atoms with Crippen LogP contribution in [0.4, 0.5) is 4.79 Å². The highest BCUT2D eigenvalue weighted by molar-refractivity contribution is 6.30. The maximum Gasteiger partial charge on any atom is 0.407 e. The highest BCUT2D eigenvalue weighted by Crippen LogP contribution is 2.38. The Morgan fingerprint density at radius 2 is 2.08 bits per heavy atom. The molecular weight excluding hydrogens is 356 g/mol. The lowest BCUT2D eigenvalue weighted by molar-refractivity contribution is -0.136. The van der Waals surface area contributed by atoms with Gasteiger partial charge >= 0.3 is 6.09 Å². The second kappa shape index (κ2) is 7.08. The molecule has 6 nitrogen and oxygen atoms in total. The SMILES string of the molecule is O=C([C@@H]1CCOC1)N1CCc2cc(Cl)cc([C@@H]3CCCN3C(=O)O)c2C1. The van der Waals surface area contributed by atoms with Crippen molar-refractivity contribution >= 4 is 23.6 Å². The standard InChI is InChI=1S/C19H23ClN2O4/c20-14-8-12-3-6-21(18(23)13-4-7-26-11-13)10-16(12)15(9-14)17-2-1-5-22(17)19(24)25/h8-9,13,17H,1-7,10-11H2,(H,24,25)/t13-,17+/m1/s1. The number of hydrogen-bond donors (Lipinski definition) is 1. The summed E-state index contributed by atoms with van der Waals surface area (Å²) in [7, 11) is 0. The molecule has 1 aromatic carbocycles. The minimum Gasteiger partial charge on any atom is -0.465 e. The smallest absolute Gasteiger partial charge is 0.407 e. The molecule has 1 aromatic rings. The van der Waals surface area contributed by atoms with E-state index < -0.39 is 6.09 Å². The van der Waals surface area contributed by atoms with Gasteiger partial charge in [-0.1, -0.05) is 11.6 Å². The van der Waals surface area contributed by atoms with Crippen molar-refractivity contribution in [2.75, 3.05) is 26.3 Å². The van der Waals surface area contributed by atoms with Crippen LogP contribution in [-0.4, -0.2) is 53.2 Å². The fraction of sp³-hybridized carbons (Fsp3) is 0.579. The highest BCUT2D eigenvalue weighted by atomic mass is 35.5. The van der Waals surface area contributed by atoms with Crippen molar-refractivity contribution in [3.05, 3.63) is 33.8 Å². The molecule has 7 heteroatoms. The molecule has 3 heterocycles. The molecule has 0 unspecified atom stereocenters. The average Bonchev–Trinajstić information content (AvgIpc) is 3.31. The number of carbonyl (C=O) groups is 2. The maximum absolute atomic E-state index is 12.8. The van der Waals surface area contributed by atoms with Crippen molar-refractivity contribution < 1.29 is 19.4 Å². The maximum atomic E-state index is 12.8. The zero-order valence-electron chi connectivity index (χ0n) is 14.6.